The smallest absolute Gasteiger partial charge is 0.389 e. The van der Waals surface area contributed by atoms with Crippen molar-refractivity contribution in [1.29, 1.82) is 0 Å². The van der Waals surface area contributed by atoms with Gasteiger partial charge in [0.15, 0.2) is 0 Å². The van der Waals surface area contributed by atoms with E-state index in [9.17, 15) is 18.3 Å². The summed E-state index contributed by atoms with van der Waals surface area (Å²) in [5.41, 5.74) is 0.283. The minimum absolute atomic E-state index is 0.272. The van der Waals surface area contributed by atoms with Crippen molar-refractivity contribution in [1.82, 2.24) is 4.90 Å². The quantitative estimate of drug-likeness (QED) is 0.833. The third-order valence-corrected chi connectivity index (χ3v) is 4.12. The molecule has 1 unspecified atom stereocenters. The Balaban J connectivity index is 1.66. The summed E-state index contributed by atoms with van der Waals surface area (Å²) in [5, 5.41) is 9.73. The lowest BCUT2D eigenvalue weighted by atomic mass is 9.80. The van der Waals surface area contributed by atoms with Gasteiger partial charge in [-0.2, -0.15) is 13.2 Å². The fourth-order valence-electron chi connectivity index (χ4n) is 3.06. The van der Waals surface area contributed by atoms with Gasteiger partial charge < -0.3 is 19.5 Å². The molecule has 0 aromatic rings. The summed E-state index contributed by atoms with van der Waals surface area (Å²) < 4.78 is 45.6. The first kappa shape index (κ1) is 16.0. The SMILES string of the molecule is OC(COCC(F)(F)F)CN1CCC2(CCOCC2)C1. The van der Waals surface area contributed by atoms with E-state index in [0.717, 1.165) is 45.6 Å². The zero-order chi connectivity index (χ0) is 14.6. The molecule has 2 saturated heterocycles. The van der Waals surface area contributed by atoms with E-state index in [1.807, 2.05) is 0 Å². The van der Waals surface area contributed by atoms with Crippen LogP contribution < -0.4 is 0 Å². The predicted molar refractivity (Wildman–Crippen MR) is 66.4 cm³/mol. The number of β-amino-alcohol motifs (C(OH)–C–C–N with tert-alkyl or cyclic N) is 1. The molecular weight excluding hydrogens is 275 g/mol. The van der Waals surface area contributed by atoms with Crippen LogP contribution in [0, 0.1) is 5.41 Å². The van der Waals surface area contributed by atoms with E-state index in [1.165, 1.54) is 0 Å². The van der Waals surface area contributed by atoms with Crippen molar-refractivity contribution in [3.8, 4) is 0 Å². The number of halogens is 3. The first-order valence-electron chi connectivity index (χ1n) is 7.01. The number of nitrogens with zero attached hydrogens (tertiary/aromatic N) is 1. The maximum Gasteiger partial charge on any atom is 0.411 e. The monoisotopic (exact) mass is 297 g/mol. The lowest BCUT2D eigenvalue weighted by molar-refractivity contribution is -0.179. The summed E-state index contributed by atoms with van der Waals surface area (Å²) in [6, 6.07) is 0. The third-order valence-electron chi connectivity index (χ3n) is 4.12. The van der Waals surface area contributed by atoms with Crippen molar-refractivity contribution in [3.63, 3.8) is 0 Å². The number of aliphatic hydroxyl groups is 1. The van der Waals surface area contributed by atoms with Crippen molar-refractivity contribution >= 4 is 0 Å². The fourth-order valence-corrected chi connectivity index (χ4v) is 3.06. The lowest BCUT2D eigenvalue weighted by Gasteiger charge is -2.33. The topological polar surface area (TPSA) is 41.9 Å². The fraction of sp³-hybridized carbons (Fsp3) is 1.00. The summed E-state index contributed by atoms with van der Waals surface area (Å²) in [6.45, 7) is 2.15. The Bertz CT molecular complexity index is 306. The highest BCUT2D eigenvalue weighted by Gasteiger charge is 2.39. The van der Waals surface area contributed by atoms with Crippen molar-refractivity contribution in [2.45, 2.75) is 31.5 Å². The molecule has 2 aliphatic heterocycles. The summed E-state index contributed by atoms with van der Waals surface area (Å²) in [4.78, 5) is 2.12. The first-order chi connectivity index (χ1) is 9.39. The molecule has 2 fully saturated rings. The Kier molecular flexibility index (Phi) is 5.28. The van der Waals surface area contributed by atoms with Gasteiger partial charge in [-0.15, -0.1) is 0 Å². The molecule has 1 atom stereocenters. The molecule has 1 N–H and O–H groups in total. The van der Waals surface area contributed by atoms with Gasteiger partial charge in [0.05, 0.1) is 12.7 Å². The Morgan fingerprint density at radius 3 is 2.60 bits per heavy atom. The largest absolute Gasteiger partial charge is 0.411 e. The number of hydrogen-bond donors (Lipinski definition) is 1. The van der Waals surface area contributed by atoms with E-state index in [-0.39, 0.29) is 12.0 Å². The van der Waals surface area contributed by atoms with Gasteiger partial charge >= 0.3 is 6.18 Å². The summed E-state index contributed by atoms with van der Waals surface area (Å²) in [5.74, 6) is 0. The highest BCUT2D eigenvalue weighted by Crippen LogP contribution is 2.39. The molecule has 1 spiro atoms. The van der Waals surface area contributed by atoms with E-state index in [1.54, 1.807) is 0 Å². The Hall–Kier alpha value is -0.370. The number of aliphatic hydroxyl groups excluding tert-OH is 1. The minimum atomic E-state index is -4.33. The van der Waals surface area contributed by atoms with Gasteiger partial charge in [-0.3, -0.25) is 0 Å². The molecule has 2 heterocycles. The highest BCUT2D eigenvalue weighted by molar-refractivity contribution is 4.91. The molecule has 0 radical (unpaired) electrons. The van der Waals surface area contributed by atoms with Gasteiger partial charge in [0.1, 0.15) is 6.61 Å². The average Bonchev–Trinajstić information content (AvgIpc) is 2.71. The number of likely N-dealkylation sites (tertiary alicyclic amines) is 1. The van der Waals surface area contributed by atoms with Gasteiger partial charge in [0.2, 0.25) is 0 Å². The van der Waals surface area contributed by atoms with Gasteiger partial charge in [-0.25, -0.2) is 0 Å². The van der Waals surface area contributed by atoms with Crippen LogP contribution in [0.15, 0.2) is 0 Å². The molecule has 4 nitrogen and oxygen atoms in total. The molecular formula is C13H22F3NO3. The van der Waals surface area contributed by atoms with Crippen LogP contribution in [0.5, 0.6) is 0 Å². The van der Waals surface area contributed by atoms with Crippen molar-refractivity contribution in [3.05, 3.63) is 0 Å². The summed E-state index contributed by atoms with van der Waals surface area (Å²) in [6.07, 6.45) is -2.06. The molecule has 118 valence electrons. The first-order valence-corrected chi connectivity index (χ1v) is 7.01. The average molecular weight is 297 g/mol. The second kappa shape index (κ2) is 6.60. The maximum atomic E-state index is 11.9. The van der Waals surface area contributed by atoms with Gasteiger partial charge in [-0.1, -0.05) is 0 Å². The number of ether oxygens (including phenoxy) is 2. The molecule has 7 heteroatoms. The van der Waals surface area contributed by atoms with Crippen molar-refractivity contribution in [2.24, 2.45) is 5.41 Å². The van der Waals surface area contributed by atoms with Gasteiger partial charge in [0.25, 0.3) is 0 Å². The second-order valence-electron chi connectivity index (χ2n) is 5.88. The van der Waals surface area contributed by atoms with Crippen LogP contribution in [-0.2, 0) is 9.47 Å². The Morgan fingerprint density at radius 2 is 1.95 bits per heavy atom. The van der Waals surface area contributed by atoms with E-state index < -0.39 is 18.9 Å². The van der Waals surface area contributed by atoms with Crippen LogP contribution in [0.25, 0.3) is 0 Å². The van der Waals surface area contributed by atoms with Crippen LogP contribution in [0.1, 0.15) is 19.3 Å². The van der Waals surface area contributed by atoms with Crippen LogP contribution in [0.3, 0.4) is 0 Å². The molecule has 20 heavy (non-hydrogen) atoms. The standard InChI is InChI=1S/C13H22F3NO3/c14-13(15,16)10-20-8-11(18)7-17-4-1-12(9-17)2-5-19-6-3-12/h11,18H,1-10H2. The van der Waals surface area contributed by atoms with E-state index in [4.69, 9.17) is 4.74 Å². The second-order valence-corrected chi connectivity index (χ2v) is 5.88. The molecule has 2 rings (SSSR count). The number of alkyl halides is 3. The van der Waals surface area contributed by atoms with Crippen molar-refractivity contribution in [2.75, 3.05) is 46.1 Å². The predicted octanol–water partition coefficient (Wildman–Crippen LogP) is 1.43. The molecule has 2 aliphatic rings. The zero-order valence-electron chi connectivity index (χ0n) is 11.5. The minimum Gasteiger partial charge on any atom is -0.389 e. The Labute approximate surface area is 116 Å². The zero-order valence-corrected chi connectivity index (χ0v) is 11.5. The van der Waals surface area contributed by atoms with Gasteiger partial charge in [-0.05, 0) is 31.2 Å². The molecule has 0 saturated carbocycles. The normalized spacial score (nSPS) is 25.2. The maximum absolute atomic E-state index is 11.9. The molecule has 0 amide bonds. The van der Waals surface area contributed by atoms with E-state index in [0.29, 0.717) is 6.54 Å². The van der Waals surface area contributed by atoms with Crippen LogP contribution in [0.2, 0.25) is 0 Å². The highest BCUT2D eigenvalue weighted by atomic mass is 19.4. The lowest BCUT2D eigenvalue weighted by Crippen LogP contribution is -2.37. The van der Waals surface area contributed by atoms with Crippen LogP contribution in [0.4, 0.5) is 13.2 Å². The van der Waals surface area contributed by atoms with Crippen molar-refractivity contribution < 1.29 is 27.8 Å². The molecule has 0 aromatic heterocycles. The Morgan fingerprint density at radius 1 is 1.25 bits per heavy atom. The van der Waals surface area contributed by atoms with E-state index in [2.05, 4.69) is 9.64 Å². The summed E-state index contributed by atoms with van der Waals surface area (Å²) >= 11 is 0. The van der Waals surface area contributed by atoms with E-state index >= 15 is 0 Å². The number of hydrogen-bond acceptors (Lipinski definition) is 4. The summed E-state index contributed by atoms with van der Waals surface area (Å²) in [7, 11) is 0. The third kappa shape index (κ3) is 4.87. The molecule has 0 bridgehead atoms. The van der Waals surface area contributed by atoms with Crippen LogP contribution in [-0.4, -0.2) is 68.3 Å². The van der Waals surface area contributed by atoms with Crippen LogP contribution >= 0.6 is 0 Å². The van der Waals surface area contributed by atoms with Gasteiger partial charge in [0, 0.05) is 26.3 Å². The number of rotatable bonds is 5. The molecule has 0 aromatic carbocycles. The molecule has 0 aliphatic carbocycles.